The molecule has 0 saturated heterocycles. The van der Waals surface area contributed by atoms with E-state index in [-0.39, 0.29) is 80.4 Å². The number of thiophene rings is 2. The van der Waals surface area contributed by atoms with Crippen molar-refractivity contribution in [1.82, 2.24) is 52.8 Å². The Hall–Kier alpha value is -9.42. The molecule has 9 aromatic heterocycles. The Morgan fingerprint density at radius 1 is 0.725 bits per heavy atom. The Bertz CT molecular complexity index is 4290. The quantitative estimate of drug-likeness (QED) is 0.164. The van der Waals surface area contributed by atoms with Gasteiger partial charge in [-0.05, 0) is 41.4 Å². The summed E-state index contributed by atoms with van der Waals surface area (Å²) in [4.78, 5) is 76.1. The number of rotatable bonds is 9. The number of hydrogen-bond acceptors (Lipinski definition) is 15. The highest BCUT2D eigenvalue weighted by Gasteiger charge is 2.27. The van der Waals surface area contributed by atoms with Crippen LogP contribution in [0.3, 0.4) is 0 Å². The molecule has 0 radical (unpaired) electrons. The molecule has 0 atom stereocenters. The number of nitriles is 3. The molecule has 20 nitrogen and oxygen atoms in total. The third-order valence-electron chi connectivity index (χ3n) is 11.4. The van der Waals surface area contributed by atoms with E-state index >= 15 is 0 Å². The van der Waals surface area contributed by atoms with Gasteiger partial charge < -0.3 is 4.74 Å². The number of fused-ring (bicyclic) bond motifs is 4. The lowest BCUT2D eigenvalue weighted by Crippen LogP contribution is -2.38. The Labute approximate surface area is 393 Å². The molecule has 0 spiro atoms. The molecule has 10 aromatic rings. The molecule has 69 heavy (non-hydrogen) atoms. The van der Waals surface area contributed by atoms with Gasteiger partial charge in [-0.2, -0.15) is 30.8 Å². The van der Waals surface area contributed by atoms with Crippen LogP contribution in [0.2, 0.25) is 0 Å². The highest BCUT2D eigenvalue weighted by molar-refractivity contribution is 7.22. The summed E-state index contributed by atoms with van der Waals surface area (Å²) in [5.74, 6) is -0.0836. The van der Waals surface area contributed by atoms with E-state index in [4.69, 9.17) is 4.74 Å². The van der Waals surface area contributed by atoms with Gasteiger partial charge in [-0.1, -0.05) is 0 Å². The fourth-order valence-electron chi connectivity index (χ4n) is 8.21. The topological polar surface area (TPSA) is 247 Å². The van der Waals surface area contributed by atoms with Crippen molar-refractivity contribution >= 4 is 70.7 Å². The molecule has 0 aliphatic carbocycles. The monoisotopic (exact) mass is 954 g/mol. The van der Waals surface area contributed by atoms with Gasteiger partial charge in [-0.15, -0.1) is 22.7 Å². The third-order valence-corrected chi connectivity index (χ3v) is 13.7. The van der Waals surface area contributed by atoms with Crippen molar-refractivity contribution in [2.45, 2.75) is 25.9 Å². The van der Waals surface area contributed by atoms with E-state index in [0.29, 0.717) is 42.9 Å². The molecule has 0 aliphatic heterocycles. The van der Waals surface area contributed by atoms with Crippen LogP contribution >= 0.6 is 22.7 Å². The fraction of sp³-hybridized carbons (Fsp3) is 0.152. The molecule has 0 aliphatic rings. The number of hydrogen-bond donors (Lipinski definition) is 0. The maximum Gasteiger partial charge on any atom is 0.436 e. The molecule has 0 saturated carbocycles. The van der Waals surface area contributed by atoms with Crippen molar-refractivity contribution in [2.75, 3.05) is 7.11 Å². The van der Waals surface area contributed by atoms with Gasteiger partial charge in [0.1, 0.15) is 49.3 Å². The van der Waals surface area contributed by atoms with E-state index in [0.717, 1.165) is 31.8 Å². The molecule has 0 amide bonds. The third kappa shape index (κ3) is 7.09. The number of halogens is 1. The van der Waals surface area contributed by atoms with E-state index in [2.05, 4.69) is 54.3 Å². The molecule has 1 aromatic carbocycles. The van der Waals surface area contributed by atoms with Crippen LogP contribution < -0.4 is 27.2 Å². The summed E-state index contributed by atoms with van der Waals surface area (Å²) in [6.07, 6.45) is 8.66. The lowest BCUT2D eigenvalue weighted by atomic mass is 10.1. The highest BCUT2D eigenvalue weighted by atomic mass is 32.1. The second kappa shape index (κ2) is 17.1. The molecular weight excluding hydrogens is 926 g/mol. The Kier molecular flexibility index (Phi) is 10.8. The van der Waals surface area contributed by atoms with E-state index in [1.165, 1.54) is 68.6 Å². The van der Waals surface area contributed by atoms with Gasteiger partial charge in [0.2, 0.25) is 0 Å². The Morgan fingerprint density at radius 2 is 1.38 bits per heavy atom. The molecule has 336 valence electrons. The molecule has 0 fully saturated rings. The summed E-state index contributed by atoms with van der Waals surface area (Å²) in [6, 6.07) is 17.7. The largest absolute Gasteiger partial charge is 0.495 e. The normalized spacial score (nSPS) is 11.2. The van der Waals surface area contributed by atoms with E-state index in [9.17, 15) is 39.4 Å². The number of aryl methyl sites for hydroxylation is 4. The number of benzene rings is 1. The minimum Gasteiger partial charge on any atom is -0.495 e. The first kappa shape index (κ1) is 43.5. The van der Waals surface area contributed by atoms with Crippen LogP contribution in [0.25, 0.3) is 79.3 Å². The van der Waals surface area contributed by atoms with Gasteiger partial charge in [0.25, 0.3) is 11.1 Å². The zero-order valence-electron chi connectivity index (χ0n) is 36.2. The van der Waals surface area contributed by atoms with E-state index < -0.39 is 28.3 Å². The van der Waals surface area contributed by atoms with Crippen molar-refractivity contribution in [2.24, 2.45) is 14.1 Å². The van der Waals surface area contributed by atoms with Crippen LogP contribution in [-0.2, 0) is 27.2 Å². The molecule has 10 rings (SSSR count). The summed E-state index contributed by atoms with van der Waals surface area (Å²) >= 11 is 2.06. The van der Waals surface area contributed by atoms with Gasteiger partial charge in [0, 0.05) is 59.6 Å². The lowest BCUT2D eigenvalue weighted by molar-refractivity contribution is 0.413. The van der Waals surface area contributed by atoms with Crippen molar-refractivity contribution in [1.29, 1.82) is 15.8 Å². The molecular formula is C46H29FN15O5S2+. The van der Waals surface area contributed by atoms with Gasteiger partial charge in [0.05, 0.1) is 84.7 Å². The van der Waals surface area contributed by atoms with Gasteiger partial charge in [-0.25, -0.2) is 28.1 Å². The highest BCUT2D eigenvalue weighted by Crippen LogP contribution is 2.37. The summed E-state index contributed by atoms with van der Waals surface area (Å²) in [5, 5.41) is 38.9. The predicted octanol–water partition coefficient (Wildman–Crippen LogP) is 5.89. The zero-order chi connectivity index (χ0) is 48.2. The van der Waals surface area contributed by atoms with Crippen LogP contribution in [0, 0.1) is 45.9 Å². The van der Waals surface area contributed by atoms with Crippen molar-refractivity contribution in [3.63, 3.8) is 0 Å². The van der Waals surface area contributed by atoms with Crippen LogP contribution in [-0.4, -0.2) is 59.9 Å². The number of aromatic nitrogens is 11. The van der Waals surface area contributed by atoms with E-state index in [1.807, 2.05) is 0 Å². The first-order chi connectivity index (χ1) is 33.5. The summed E-state index contributed by atoms with van der Waals surface area (Å²) in [5.41, 5.74) is -0.280. The average molecular weight is 955 g/mol. The Morgan fingerprint density at radius 3 is 2.04 bits per heavy atom. The number of ether oxygens (including phenoxy) is 1. The summed E-state index contributed by atoms with van der Waals surface area (Å²) in [6.45, 7) is -0.112. The molecule has 9 heterocycles. The minimum absolute atomic E-state index is 0.00207. The first-order valence-electron chi connectivity index (χ1n) is 20.6. The predicted molar refractivity (Wildman–Crippen MR) is 254 cm³/mol. The van der Waals surface area contributed by atoms with Crippen molar-refractivity contribution in [3.8, 4) is 62.3 Å². The first-order valence-corrected chi connectivity index (χ1v) is 22.2. The summed E-state index contributed by atoms with van der Waals surface area (Å²) < 4.78 is 27.9. The van der Waals surface area contributed by atoms with Crippen molar-refractivity contribution < 1.29 is 9.13 Å². The van der Waals surface area contributed by atoms with E-state index in [1.54, 1.807) is 44.7 Å². The van der Waals surface area contributed by atoms with Crippen LogP contribution in [0.15, 0.2) is 92.8 Å². The number of nitrogens with zero attached hydrogens (tertiary/aromatic N) is 15. The Balaban J connectivity index is 1.07. The van der Waals surface area contributed by atoms with Gasteiger partial charge in [-0.3, -0.25) is 33.1 Å². The maximum atomic E-state index is 14.6. The average Bonchev–Trinajstić information content (AvgIpc) is 4.18. The van der Waals surface area contributed by atoms with Crippen LogP contribution in [0.4, 0.5) is 10.2 Å². The second-order valence-electron chi connectivity index (χ2n) is 15.3. The second-order valence-corrected chi connectivity index (χ2v) is 17.4. The molecule has 0 bridgehead atoms. The molecule has 0 unspecified atom stereocenters. The number of pyridine rings is 3. The zero-order valence-corrected chi connectivity index (χ0v) is 37.8. The minimum atomic E-state index is -0.741. The van der Waals surface area contributed by atoms with Gasteiger partial charge >= 0.3 is 17.2 Å². The van der Waals surface area contributed by atoms with Crippen molar-refractivity contribution in [3.05, 3.63) is 137 Å². The maximum absolute atomic E-state index is 14.6. The number of methoxy groups -OCH3 is 1. The molecule has 23 heteroatoms. The summed E-state index contributed by atoms with van der Waals surface area (Å²) in [7, 11) is 4.75. The molecule has 0 N–H and O–H groups in total. The SMILES string of the molecule is COc1cnc(C#N)c(-c2cc3c(s2)c(=O)n(-c2cnc([N+]#CCCn4c(=O)n(-c5cncc6cnn(C)c56)c(=O)c5sc(-c6cc(F)ccc6C#N)cc54)c4cnn(C)c24)c(=O)n3CCC#N)c1. The fourth-order valence-corrected chi connectivity index (χ4v) is 10.4. The smallest absolute Gasteiger partial charge is 0.436 e. The standard InChI is InChI=1S/C46H29FN15O5S2/c1-57-38-25(19-55-57)18-51-22-34(38)61-43(63)40-32(14-36(68-40)28-12-26(47)7-6-24(28)16-49)60(46(61)66)11-5-9-52-42-30-21-56-58(2)39(30)35(23-54-42)62-44(64)41-33(59(45(62)65)10-4-8-48)15-37(69-41)29-13-27(67-3)20-53-31(29)17-50/h6-7,12-15,18-23H,4-5,10-11H2,1-3H3/q+1. The van der Waals surface area contributed by atoms with Gasteiger partial charge in [0.15, 0.2) is 12.3 Å². The van der Waals surface area contributed by atoms with Crippen LogP contribution in [0.1, 0.15) is 24.1 Å². The lowest BCUT2D eigenvalue weighted by Gasteiger charge is -2.12. The van der Waals surface area contributed by atoms with Crippen LogP contribution in [0.5, 0.6) is 5.75 Å².